The number of unbranched alkanes of at least 4 members (excludes halogenated alkanes) is 1. The highest BCUT2D eigenvalue weighted by Gasteiger charge is 2.28. The molecule has 4 nitrogen and oxygen atoms in total. The maximum atomic E-state index is 13.7. The van der Waals surface area contributed by atoms with Gasteiger partial charge in [0.15, 0.2) is 0 Å². The zero-order chi connectivity index (χ0) is 15.9. The number of nitrogens with zero attached hydrogens (tertiary/aromatic N) is 1. The molecular formula is C16H22BrFN2O2. The van der Waals surface area contributed by atoms with Gasteiger partial charge >= 0.3 is 0 Å². The molecule has 0 atom stereocenters. The van der Waals surface area contributed by atoms with Crippen LogP contribution in [0.15, 0.2) is 22.7 Å². The lowest BCUT2D eigenvalue weighted by molar-refractivity contribution is -0.116. The zero-order valence-corrected chi connectivity index (χ0v) is 14.1. The van der Waals surface area contributed by atoms with Crippen molar-refractivity contribution in [2.24, 2.45) is 0 Å². The van der Waals surface area contributed by atoms with Crippen molar-refractivity contribution >= 4 is 27.5 Å². The summed E-state index contributed by atoms with van der Waals surface area (Å²) in [7, 11) is 0. The van der Waals surface area contributed by atoms with Crippen molar-refractivity contribution in [3.05, 3.63) is 28.5 Å². The fraction of sp³-hybridized carbons (Fsp3) is 0.562. The maximum absolute atomic E-state index is 13.7. The second-order valence-electron chi connectivity index (χ2n) is 5.62. The monoisotopic (exact) mass is 372 g/mol. The van der Waals surface area contributed by atoms with Gasteiger partial charge in [-0.3, -0.25) is 9.69 Å². The summed E-state index contributed by atoms with van der Waals surface area (Å²) in [4.78, 5) is 14.3. The van der Waals surface area contributed by atoms with Crippen molar-refractivity contribution in [1.29, 1.82) is 0 Å². The van der Waals surface area contributed by atoms with E-state index in [0.29, 0.717) is 23.5 Å². The van der Waals surface area contributed by atoms with Gasteiger partial charge in [-0.25, -0.2) is 4.39 Å². The minimum absolute atomic E-state index is 0.172. The number of nitrogens with one attached hydrogen (secondary N) is 1. The van der Waals surface area contributed by atoms with Crippen molar-refractivity contribution in [3.63, 3.8) is 0 Å². The summed E-state index contributed by atoms with van der Waals surface area (Å²) in [5, 5.41) is 11.5. The number of benzene rings is 1. The highest BCUT2D eigenvalue weighted by molar-refractivity contribution is 9.10. The minimum atomic E-state index is -0.440. The van der Waals surface area contributed by atoms with Gasteiger partial charge in [0.25, 0.3) is 0 Å². The molecule has 1 aliphatic carbocycles. The van der Waals surface area contributed by atoms with Gasteiger partial charge in [0.05, 0.1) is 5.69 Å². The van der Waals surface area contributed by atoms with E-state index in [1.807, 2.05) is 0 Å². The predicted molar refractivity (Wildman–Crippen MR) is 88.3 cm³/mol. The molecule has 1 saturated carbocycles. The molecular weight excluding hydrogens is 351 g/mol. The third-order valence-electron chi connectivity index (χ3n) is 3.75. The van der Waals surface area contributed by atoms with E-state index in [1.54, 1.807) is 12.1 Å². The lowest BCUT2D eigenvalue weighted by Gasteiger charge is -2.21. The Morgan fingerprint density at radius 1 is 1.36 bits per heavy atom. The van der Waals surface area contributed by atoms with Gasteiger partial charge in [-0.2, -0.15) is 0 Å². The number of amides is 1. The lowest BCUT2D eigenvalue weighted by atomic mass is 10.2. The summed E-state index contributed by atoms with van der Waals surface area (Å²) >= 11 is 3.19. The number of anilines is 1. The first kappa shape index (κ1) is 17.4. The van der Waals surface area contributed by atoms with Crippen molar-refractivity contribution in [1.82, 2.24) is 4.90 Å². The molecule has 0 heterocycles. The number of aliphatic hydroxyl groups is 1. The third-order valence-corrected chi connectivity index (χ3v) is 4.24. The molecule has 0 bridgehead atoms. The van der Waals surface area contributed by atoms with Crippen molar-refractivity contribution in [3.8, 4) is 0 Å². The Labute approximate surface area is 138 Å². The number of rotatable bonds is 9. The summed E-state index contributed by atoms with van der Waals surface area (Å²) < 4.78 is 14.3. The molecule has 0 aromatic heterocycles. The normalized spacial score (nSPS) is 14.4. The van der Waals surface area contributed by atoms with Gasteiger partial charge in [-0.1, -0.05) is 15.9 Å². The van der Waals surface area contributed by atoms with Gasteiger partial charge in [0.1, 0.15) is 5.82 Å². The summed E-state index contributed by atoms with van der Waals surface area (Å²) in [5.74, 6) is -0.612. The Morgan fingerprint density at radius 2 is 2.14 bits per heavy atom. The molecule has 6 heteroatoms. The van der Waals surface area contributed by atoms with Gasteiger partial charge in [0, 0.05) is 30.1 Å². The molecule has 0 unspecified atom stereocenters. The van der Waals surface area contributed by atoms with Crippen molar-refractivity contribution in [2.45, 2.75) is 38.1 Å². The average molecular weight is 373 g/mol. The predicted octanol–water partition coefficient (Wildman–Crippen LogP) is 3.15. The van der Waals surface area contributed by atoms with Crippen LogP contribution in [0.5, 0.6) is 0 Å². The number of hydrogen-bond acceptors (Lipinski definition) is 3. The van der Waals surface area contributed by atoms with Crippen molar-refractivity contribution < 1.29 is 14.3 Å². The Kier molecular flexibility index (Phi) is 6.79. The van der Waals surface area contributed by atoms with Gasteiger partial charge < -0.3 is 10.4 Å². The topological polar surface area (TPSA) is 52.6 Å². The van der Waals surface area contributed by atoms with Crippen LogP contribution < -0.4 is 5.32 Å². The SMILES string of the molecule is O=C(CCN(CCCCO)C1CC1)Nc1ccc(Br)cc1F. The quantitative estimate of drug-likeness (QED) is 0.654. The number of carbonyl (C=O) groups excluding carboxylic acids is 1. The van der Waals surface area contributed by atoms with Crippen LogP contribution in [-0.2, 0) is 4.79 Å². The van der Waals surface area contributed by atoms with Gasteiger partial charge in [-0.15, -0.1) is 0 Å². The third kappa shape index (κ3) is 5.66. The van der Waals surface area contributed by atoms with E-state index in [0.717, 1.165) is 19.4 Å². The molecule has 122 valence electrons. The minimum Gasteiger partial charge on any atom is -0.396 e. The van der Waals surface area contributed by atoms with E-state index in [1.165, 1.54) is 18.9 Å². The molecule has 2 N–H and O–H groups in total. The van der Waals surface area contributed by atoms with E-state index < -0.39 is 5.82 Å². The number of hydrogen-bond donors (Lipinski definition) is 2. The number of carbonyl (C=O) groups is 1. The highest BCUT2D eigenvalue weighted by atomic mass is 79.9. The molecule has 22 heavy (non-hydrogen) atoms. The first-order chi connectivity index (χ1) is 10.6. The Hall–Kier alpha value is -0.980. The second-order valence-corrected chi connectivity index (χ2v) is 6.54. The maximum Gasteiger partial charge on any atom is 0.225 e. The molecule has 0 saturated heterocycles. The summed E-state index contributed by atoms with van der Waals surface area (Å²) in [6.45, 7) is 1.80. The van der Waals surface area contributed by atoms with Crippen LogP contribution in [-0.4, -0.2) is 41.7 Å². The highest BCUT2D eigenvalue weighted by Crippen LogP contribution is 2.27. The Morgan fingerprint density at radius 3 is 2.77 bits per heavy atom. The van der Waals surface area contributed by atoms with E-state index in [4.69, 9.17) is 5.11 Å². The molecule has 1 aromatic carbocycles. The van der Waals surface area contributed by atoms with Gasteiger partial charge in [0.2, 0.25) is 5.91 Å². The summed E-state index contributed by atoms with van der Waals surface area (Å²) in [6.07, 6.45) is 4.45. The standard InChI is InChI=1S/C16H22BrFN2O2/c17-12-3-6-15(14(18)11-12)19-16(22)7-9-20(13-4-5-13)8-1-2-10-21/h3,6,11,13,21H,1-2,4-5,7-10H2,(H,19,22). The fourth-order valence-electron chi connectivity index (χ4n) is 2.39. The second kappa shape index (κ2) is 8.60. The van der Waals surface area contributed by atoms with Crippen LogP contribution in [0.2, 0.25) is 0 Å². The Bertz CT molecular complexity index is 509. The lowest BCUT2D eigenvalue weighted by Crippen LogP contribution is -2.31. The van der Waals surface area contributed by atoms with Gasteiger partial charge in [-0.05, 0) is 50.4 Å². The van der Waals surface area contributed by atoms with Crippen LogP contribution in [0, 0.1) is 5.82 Å². The van der Waals surface area contributed by atoms with Crippen LogP contribution in [0.25, 0.3) is 0 Å². The Balaban J connectivity index is 1.78. The summed E-state index contributed by atoms with van der Waals surface area (Å²) in [5.41, 5.74) is 0.214. The van der Waals surface area contributed by atoms with E-state index in [-0.39, 0.29) is 18.2 Å². The number of aliphatic hydroxyl groups excluding tert-OH is 1. The molecule has 1 aromatic rings. The molecule has 0 aliphatic heterocycles. The van der Waals surface area contributed by atoms with Crippen LogP contribution in [0.1, 0.15) is 32.1 Å². The van der Waals surface area contributed by atoms with Crippen LogP contribution in [0.3, 0.4) is 0 Å². The summed E-state index contributed by atoms with van der Waals surface area (Å²) in [6, 6.07) is 5.17. The zero-order valence-electron chi connectivity index (χ0n) is 12.5. The molecule has 1 amide bonds. The van der Waals surface area contributed by atoms with E-state index in [9.17, 15) is 9.18 Å². The first-order valence-corrected chi connectivity index (χ1v) is 8.49. The average Bonchev–Trinajstić information content (AvgIpc) is 3.30. The smallest absolute Gasteiger partial charge is 0.225 e. The molecule has 0 spiro atoms. The van der Waals surface area contributed by atoms with Crippen LogP contribution in [0.4, 0.5) is 10.1 Å². The van der Waals surface area contributed by atoms with Crippen LogP contribution >= 0.6 is 15.9 Å². The van der Waals surface area contributed by atoms with E-state index in [2.05, 4.69) is 26.1 Å². The molecule has 1 fully saturated rings. The number of halogens is 2. The molecule has 1 aliphatic rings. The molecule has 0 radical (unpaired) electrons. The van der Waals surface area contributed by atoms with Crippen molar-refractivity contribution in [2.75, 3.05) is 25.0 Å². The van der Waals surface area contributed by atoms with E-state index >= 15 is 0 Å². The fourth-order valence-corrected chi connectivity index (χ4v) is 2.73. The molecule has 2 rings (SSSR count). The largest absolute Gasteiger partial charge is 0.396 e. The first-order valence-electron chi connectivity index (χ1n) is 7.70.